The zero-order valence-corrected chi connectivity index (χ0v) is 15.8. The Labute approximate surface area is 159 Å². The number of amides is 1. The van der Waals surface area contributed by atoms with Crippen molar-refractivity contribution in [1.29, 1.82) is 0 Å². The molecule has 2 heterocycles. The van der Waals surface area contributed by atoms with E-state index in [1.807, 2.05) is 12.1 Å². The lowest BCUT2D eigenvalue weighted by atomic mass is 10.1. The molecule has 0 saturated carbocycles. The number of nitrogens with zero attached hydrogens (tertiary/aromatic N) is 3. The molecule has 0 radical (unpaired) electrons. The van der Waals surface area contributed by atoms with Gasteiger partial charge < -0.3 is 4.90 Å². The summed E-state index contributed by atoms with van der Waals surface area (Å²) in [4.78, 5) is 22.4. The Morgan fingerprint density at radius 3 is 2.46 bits per heavy atom. The molecular formula is C21H25N3OS. The van der Waals surface area contributed by atoms with Gasteiger partial charge in [0.25, 0.3) is 0 Å². The van der Waals surface area contributed by atoms with E-state index in [-0.39, 0.29) is 5.91 Å². The van der Waals surface area contributed by atoms with E-state index in [1.165, 1.54) is 11.1 Å². The van der Waals surface area contributed by atoms with E-state index in [4.69, 9.17) is 0 Å². The first-order valence-corrected chi connectivity index (χ1v) is 10.4. The summed E-state index contributed by atoms with van der Waals surface area (Å²) in [6, 6.07) is 13.3. The van der Waals surface area contributed by atoms with Crippen LogP contribution < -0.4 is 0 Å². The zero-order valence-electron chi connectivity index (χ0n) is 15.0. The van der Waals surface area contributed by atoms with Crippen molar-refractivity contribution < 1.29 is 4.79 Å². The minimum absolute atomic E-state index is 0.253. The molecule has 1 aromatic heterocycles. The van der Waals surface area contributed by atoms with Gasteiger partial charge in [-0.15, -0.1) is 11.8 Å². The molecule has 0 unspecified atom stereocenters. The van der Waals surface area contributed by atoms with Gasteiger partial charge >= 0.3 is 0 Å². The highest BCUT2D eigenvalue weighted by atomic mass is 32.2. The van der Waals surface area contributed by atoms with Crippen molar-refractivity contribution in [3.8, 4) is 0 Å². The monoisotopic (exact) mass is 367 g/mol. The van der Waals surface area contributed by atoms with Crippen molar-refractivity contribution in [3.05, 3.63) is 59.9 Å². The van der Waals surface area contributed by atoms with Crippen LogP contribution in [-0.4, -0.2) is 58.7 Å². The largest absolute Gasteiger partial charge is 0.341 e. The van der Waals surface area contributed by atoms with Gasteiger partial charge in [-0.05, 0) is 42.5 Å². The van der Waals surface area contributed by atoms with E-state index < -0.39 is 0 Å². The predicted octanol–water partition coefficient (Wildman–Crippen LogP) is 2.88. The summed E-state index contributed by atoms with van der Waals surface area (Å²) >= 11 is 1.60. The quantitative estimate of drug-likeness (QED) is 0.779. The summed E-state index contributed by atoms with van der Waals surface area (Å²) in [5.74, 6) is 0.766. The first-order valence-electron chi connectivity index (χ1n) is 9.41. The molecule has 4 rings (SSSR count). The molecule has 0 N–H and O–H groups in total. The number of thioether (sulfide) groups is 1. The number of aromatic nitrogens is 1. The summed E-state index contributed by atoms with van der Waals surface area (Å²) in [6.07, 6.45) is 6.93. The summed E-state index contributed by atoms with van der Waals surface area (Å²) < 4.78 is 0. The molecule has 0 bridgehead atoms. The second-order valence-electron chi connectivity index (χ2n) is 7.07. The van der Waals surface area contributed by atoms with Crippen LogP contribution in [0.1, 0.15) is 17.5 Å². The minimum Gasteiger partial charge on any atom is -0.341 e. The molecule has 1 saturated heterocycles. The van der Waals surface area contributed by atoms with Gasteiger partial charge in [-0.2, -0.15) is 0 Å². The van der Waals surface area contributed by atoms with E-state index in [1.54, 1.807) is 24.2 Å². The first-order chi connectivity index (χ1) is 12.8. The topological polar surface area (TPSA) is 36.4 Å². The van der Waals surface area contributed by atoms with Crippen molar-refractivity contribution in [3.63, 3.8) is 0 Å². The molecule has 1 fully saturated rings. The number of benzene rings is 1. The van der Waals surface area contributed by atoms with Crippen LogP contribution in [-0.2, 0) is 17.6 Å². The molecule has 2 aromatic rings. The first kappa shape index (κ1) is 17.6. The summed E-state index contributed by atoms with van der Waals surface area (Å²) in [6.45, 7) is 3.82. The molecule has 0 atom stereocenters. The van der Waals surface area contributed by atoms with Gasteiger partial charge in [0, 0.05) is 49.5 Å². The third-order valence-electron chi connectivity index (χ3n) is 5.44. The number of pyridine rings is 1. The number of carbonyl (C=O) groups is 1. The highest BCUT2D eigenvalue weighted by molar-refractivity contribution is 8.00. The van der Waals surface area contributed by atoms with Crippen molar-refractivity contribution in [2.75, 3.05) is 31.9 Å². The third kappa shape index (κ3) is 4.10. The van der Waals surface area contributed by atoms with Crippen LogP contribution in [0.15, 0.2) is 53.7 Å². The van der Waals surface area contributed by atoms with Crippen molar-refractivity contribution in [2.45, 2.75) is 30.2 Å². The molecule has 5 heteroatoms. The summed E-state index contributed by atoms with van der Waals surface area (Å²) in [5.41, 5.74) is 3.01. The van der Waals surface area contributed by atoms with Crippen LogP contribution in [0.4, 0.5) is 0 Å². The highest BCUT2D eigenvalue weighted by Crippen LogP contribution is 2.26. The number of fused-ring (bicyclic) bond motifs is 1. The predicted molar refractivity (Wildman–Crippen MR) is 105 cm³/mol. The van der Waals surface area contributed by atoms with Crippen LogP contribution in [0, 0.1) is 0 Å². The Hall–Kier alpha value is -1.85. The zero-order chi connectivity index (χ0) is 17.8. The van der Waals surface area contributed by atoms with Gasteiger partial charge in [-0.1, -0.05) is 24.3 Å². The molecule has 26 heavy (non-hydrogen) atoms. The van der Waals surface area contributed by atoms with Gasteiger partial charge in [0.15, 0.2) is 0 Å². The number of carbonyl (C=O) groups excluding carboxylic acids is 1. The minimum atomic E-state index is 0.253. The fraction of sp³-hybridized carbons (Fsp3) is 0.429. The average Bonchev–Trinajstić information content (AvgIpc) is 2.96. The molecule has 2 aliphatic rings. The van der Waals surface area contributed by atoms with Crippen LogP contribution in [0.3, 0.4) is 0 Å². The molecule has 4 nitrogen and oxygen atoms in total. The number of hydrogen-bond donors (Lipinski definition) is 0. The van der Waals surface area contributed by atoms with Gasteiger partial charge in [0.05, 0.1) is 5.75 Å². The van der Waals surface area contributed by atoms with Crippen LogP contribution in [0.2, 0.25) is 0 Å². The van der Waals surface area contributed by atoms with Crippen LogP contribution in [0.25, 0.3) is 0 Å². The molecular weight excluding hydrogens is 342 g/mol. The Kier molecular flexibility index (Phi) is 5.56. The third-order valence-corrected chi connectivity index (χ3v) is 6.44. The van der Waals surface area contributed by atoms with Crippen molar-refractivity contribution in [2.24, 2.45) is 0 Å². The second kappa shape index (κ2) is 8.23. The van der Waals surface area contributed by atoms with Gasteiger partial charge in [-0.3, -0.25) is 14.7 Å². The standard InChI is InChI=1S/C21H25N3OS/c25-21(16-26-20-6-8-22-9-7-20)24-11-3-10-23(12-13-24)19-14-17-4-1-2-5-18(17)15-19/h1-2,4-9,19H,3,10-16H2. The van der Waals surface area contributed by atoms with Gasteiger partial charge in [-0.25, -0.2) is 0 Å². The van der Waals surface area contributed by atoms with Gasteiger partial charge in [0.2, 0.25) is 5.91 Å². The van der Waals surface area contributed by atoms with E-state index in [2.05, 4.69) is 39.0 Å². The summed E-state index contributed by atoms with van der Waals surface area (Å²) in [5, 5.41) is 0. The normalized spacial score (nSPS) is 18.5. The lowest BCUT2D eigenvalue weighted by Crippen LogP contribution is -2.40. The Morgan fingerprint density at radius 2 is 1.73 bits per heavy atom. The fourth-order valence-electron chi connectivity index (χ4n) is 4.02. The molecule has 136 valence electrons. The van der Waals surface area contributed by atoms with Crippen molar-refractivity contribution in [1.82, 2.24) is 14.8 Å². The van der Waals surface area contributed by atoms with E-state index in [0.717, 1.165) is 50.3 Å². The highest BCUT2D eigenvalue weighted by Gasteiger charge is 2.28. The van der Waals surface area contributed by atoms with Crippen molar-refractivity contribution >= 4 is 17.7 Å². The molecule has 1 aromatic carbocycles. The number of rotatable bonds is 4. The summed E-state index contributed by atoms with van der Waals surface area (Å²) in [7, 11) is 0. The van der Waals surface area contributed by atoms with Crippen LogP contribution >= 0.6 is 11.8 Å². The fourth-order valence-corrected chi connectivity index (χ4v) is 4.80. The SMILES string of the molecule is O=C(CSc1ccncc1)N1CCCN(C2Cc3ccccc3C2)CC1. The second-order valence-corrected chi connectivity index (χ2v) is 8.12. The average molecular weight is 368 g/mol. The Balaban J connectivity index is 1.29. The number of hydrogen-bond acceptors (Lipinski definition) is 4. The van der Waals surface area contributed by atoms with E-state index in [0.29, 0.717) is 11.8 Å². The molecule has 0 spiro atoms. The smallest absolute Gasteiger partial charge is 0.232 e. The molecule has 1 amide bonds. The lowest BCUT2D eigenvalue weighted by Gasteiger charge is -2.27. The van der Waals surface area contributed by atoms with E-state index >= 15 is 0 Å². The maximum absolute atomic E-state index is 12.6. The Bertz CT molecular complexity index is 727. The maximum Gasteiger partial charge on any atom is 0.232 e. The Morgan fingerprint density at radius 1 is 1.00 bits per heavy atom. The van der Waals surface area contributed by atoms with E-state index in [9.17, 15) is 4.79 Å². The molecule has 1 aliphatic heterocycles. The maximum atomic E-state index is 12.6. The lowest BCUT2D eigenvalue weighted by molar-refractivity contribution is -0.128. The molecule has 1 aliphatic carbocycles. The van der Waals surface area contributed by atoms with Crippen LogP contribution in [0.5, 0.6) is 0 Å². The van der Waals surface area contributed by atoms with Gasteiger partial charge in [0.1, 0.15) is 0 Å².